The highest BCUT2D eigenvalue weighted by Gasteiger charge is 2.39. The molecule has 39 heavy (non-hydrogen) atoms. The Kier molecular flexibility index (Phi) is 5.97. The molecule has 194 valence electrons. The number of halogens is 1. The van der Waals surface area contributed by atoms with Gasteiger partial charge in [-0.3, -0.25) is 0 Å². The molecule has 7 rings (SSSR count). The summed E-state index contributed by atoms with van der Waals surface area (Å²) in [6.45, 7) is 2.20. The van der Waals surface area contributed by atoms with E-state index in [4.69, 9.17) is 21.1 Å². The molecule has 1 fully saturated rings. The molecule has 1 atom stereocenters. The van der Waals surface area contributed by atoms with E-state index in [1.807, 2.05) is 24.3 Å². The van der Waals surface area contributed by atoms with Gasteiger partial charge in [-0.05, 0) is 90.0 Å². The van der Waals surface area contributed by atoms with Crippen molar-refractivity contribution in [1.82, 2.24) is 0 Å². The Morgan fingerprint density at radius 1 is 0.795 bits per heavy atom. The fraction of sp³-hybridized carbons (Fsp3) is 0.200. The predicted octanol–water partition coefficient (Wildman–Crippen LogP) is 8.99. The fourth-order valence-electron chi connectivity index (χ4n) is 6.30. The standard InChI is InChI=1S/C35H30ClNO2/c1-38-27-13-14-28-24(22-27)12-17-34-31(28)18-19-35(39-34,25-8-7-9-26(36)23-25)32-15-16-33(37-20-5-2-6-21-37)30-11-4-3-10-29(30)32/h3-4,7-19,22-23H,2,5-6,20-21H2,1H3. The van der Waals surface area contributed by atoms with Crippen LogP contribution in [0.3, 0.4) is 0 Å². The Morgan fingerprint density at radius 2 is 1.64 bits per heavy atom. The van der Waals surface area contributed by atoms with Crippen LogP contribution in [0.1, 0.15) is 36.0 Å². The summed E-state index contributed by atoms with van der Waals surface area (Å²) in [5.41, 5.74) is 3.65. The van der Waals surface area contributed by atoms with Gasteiger partial charge in [-0.2, -0.15) is 0 Å². The van der Waals surface area contributed by atoms with Crippen LogP contribution in [0.2, 0.25) is 5.02 Å². The maximum Gasteiger partial charge on any atom is 0.178 e. The molecule has 4 heteroatoms. The summed E-state index contributed by atoms with van der Waals surface area (Å²) in [5, 5.41) is 5.39. The van der Waals surface area contributed by atoms with Crippen LogP contribution in [0.25, 0.3) is 27.6 Å². The van der Waals surface area contributed by atoms with Crippen molar-refractivity contribution >= 4 is 44.9 Å². The number of piperidine rings is 1. The zero-order valence-electron chi connectivity index (χ0n) is 22.0. The molecule has 0 spiro atoms. The highest BCUT2D eigenvalue weighted by molar-refractivity contribution is 6.30. The largest absolute Gasteiger partial charge is 0.497 e. The molecule has 0 aliphatic carbocycles. The van der Waals surface area contributed by atoms with Crippen molar-refractivity contribution in [2.24, 2.45) is 0 Å². The summed E-state index contributed by atoms with van der Waals surface area (Å²) in [5.74, 6) is 1.69. The van der Waals surface area contributed by atoms with Gasteiger partial charge in [0.25, 0.3) is 0 Å². The van der Waals surface area contributed by atoms with Crippen LogP contribution in [0, 0.1) is 0 Å². The summed E-state index contributed by atoms with van der Waals surface area (Å²) in [4.78, 5) is 2.54. The van der Waals surface area contributed by atoms with Crippen molar-refractivity contribution in [3.8, 4) is 11.5 Å². The second-order valence-electron chi connectivity index (χ2n) is 10.5. The lowest BCUT2D eigenvalue weighted by Gasteiger charge is -2.38. The van der Waals surface area contributed by atoms with Crippen LogP contribution in [-0.2, 0) is 5.60 Å². The van der Waals surface area contributed by atoms with Crippen molar-refractivity contribution < 1.29 is 9.47 Å². The maximum atomic E-state index is 7.11. The molecule has 0 amide bonds. The van der Waals surface area contributed by atoms with E-state index in [1.165, 1.54) is 35.7 Å². The van der Waals surface area contributed by atoms with Gasteiger partial charge in [-0.15, -0.1) is 0 Å². The average Bonchev–Trinajstić information content (AvgIpc) is 3.00. The normalized spacial score (nSPS) is 18.7. The minimum atomic E-state index is -0.835. The molecule has 0 N–H and O–H groups in total. The minimum Gasteiger partial charge on any atom is -0.497 e. The van der Waals surface area contributed by atoms with Crippen LogP contribution in [0.4, 0.5) is 5.69 Å². The molecule has 0 bridgehead atoms. The van der Waals surface area contributed by atoms with E-state index in [0.717, 1.165) is 52.1 Å². The number of benzene rings is 5. The van der Waals surface area contributed by atoms with Gasteiger partial charge in [0.15, 0.2) is 5.60 Å². The highest BCUT2D eigenvalue weighted by atomic mass is 35.5. The summed E-state index contributed by atoms with van der Waals surface area (Å²) >= 11 is 6.57. The van der Waals surface area contributed by atoms with Gasteiger partial charge in [-0.1, -0.05) is 60.1 Å². The Labute approximate surface area is 234 Å². The van der Waals surface area contributed by atoms with Gasteiger partial charge in [0, 0.05) is 45.9 Å². The van der Waals surface area contributed by atoms with Gasteiger partial charge in [0.2, 0.25) is 0 Å². The van der Waals surface area contributed by atoms with E-state index in [-0.39, 0.29) is 0 Å². The third-order valence-electron chi connectivity index (χ3n) is 8.24. The smallest absolute Gasteiger partial charge is 0.178 e. The highest BCUT2D eigenvalue weighted by Crippen LogP contribution is 2.47. The average molecular weight is 532 g/mol. The first-order valence-corrected chi connectivity index (χ1v) is 14.1. The summed E-state index contributed by atoms with van der Waals surface area (Å²) < 4.78 is 12.6. The zero-order chi connectivity index (χ0) is 26.4. The molecule has 2 aliphatic heterocycles. The van der Waals surface area contributed by atoms with Crippen LogP contribution >= 0.6 is 11.6 Å². The Hall–Kier alpha value is -3.95. The third-order valence-corrected chi connectivity index (χ3v) is 8.47. The van der Waals surface area contributed by atoms with Crippen LogP contribution < -0.4 is 14.4 Å². The molecule has 3 nitrogen and oxygen atoms in total. The molecular formula is C35H30ClNO2. The lowest BCUT2D eigenvalue weighted by molar-refractivity contribution is 0.163. The Balaban J connectivity index is 1.45. The number of rotatable bonds is 4. The van der Waals surface area contributed by atoms with Crippen LogP contribution in [0.5, 0.6) is 11.5 Å². The van der Waals surface area contributed by atoms with Gasteiger partial charge < -0.3 is 14.4 Å². The molecule has 0 aromatic heterocycles. The minimum absolute atomic E-state index is 0.689. The number of anilines is 1. The second-order valence-corrected chi connectivity index (χ2v) is 10.9. The van der Waals surface area contributed by atoms with Gasteiger partial charge in [0.05, 0.1) is 7.11 Å². The Bertz CT molecular complexity index is 1740. The number of methoxy groups -OCH3 is 1. The number of fused-ring (bicyclic) bond motifs is 4. The zero-order valence-corrected chi connectivity index (χ0v) is 22.7. The number of hydrogen-bond acceptors (Lipinski definition) is 3. The molecule has 1 unspecified atom stereocenters. The van der Waals surface area contributed by atoms with Crippen molar-refractivity contribution in [3.63, 3.8) is 0 Å². The van der Waals surface area contributed by atoms with E-state index in [1.54, 1.807) is 7.11 Å². The third kappa shape index (κ3) is 4.04. The monoisotopic (exact) mass is 531 g/mol. The lowest BCUT2D eigenvalue weighted by Crippen LogP contribution is -2.35. The van der Waals surface area contributed by atoms with E-state index in [0.29, 0.717) is 5.02 Å². The molecule has 2 heterocycles. The SMILES string of the molecule is COc1ccc2c3c(ccc2c1)OC(c1cccc(Cl)c1)(c1ccc(N2CCCCC2)c2ccccc12)C=C3. The van der Waals surface area contributed by atoms with Crippen LogP contribution in [-0.4, -0.2) is 20.2 Å². The van der Waals surface area contributed by atoms with Crippen molar-refractivity contribution in [1.29, 1.82) is 0 Å². The molecule has 2 aliphatic rings. The van der Waals surface area contributed by atoms with E-state index in [9.17, 15) is 0 Å². The first kappa shape index (κ1) is 24.1. The fourth-order valence-corrected chi connectivity index (χ4v) is 6.49. The molecule has 5 aromatic rings. The summed E-state index contributed by atoms with van der Waals surface area (Å²) in [7, 11) is 1.70. The number of nitrogens with zero attached hydrogens (tertiary/aromatic N) is 1. The van der Waals surface area contributed by atoms with E-state index < -0.39 is 5.60 Å². The van der Waals surface area contributed by atoms with Crippen LogP contribution in [0.15, 0.2) is 97.1 Å². The maximum absolute atomic E-state index is 7.11. The van der Waals surface area contributed by atoms with Gasteiger partial charge in [-0.25, -0.2) is 0 Å². The Morgan fingerprint density at radius 3 is 2.46 bits per heavy atom. The quantitative estimate of drug-likeness (QED) is 0.231. The first-order chi connectivity index (χ1) is 19.2. The van der Waals surface area contributed by atoms with Gasteiger partial charge in [0.1, 0.15) is 11.5 Å². The predicted molar refractivity (Wildman–Crippen MR) is 162 cm³/mol. The van der Waals surface area contributed by atoms with Crippen molar-refractivity contribution in [2.75, 3.05) is 25.1 Å². The molecule has 0 saturated carbocycles. The van der Waals surface area contributed by atoms with Gasteiger partial charge >= 0.3 is 0 Å². The summed E-state index contributed by atoms with van der Waals surface area (Å²) in [6, 6.07) is 31.7. The summed E-state index contributed by atoms with van der Waals surface area (Å²) in [6.07, 6.45) is 8.20. The van der Waals surface area contributed by atoms with E-state index in [2.05, 4.69) is 83.8 Å². The molecule has 0 radical (unpaired) electrons. The second kappa shape index (κ2) is 9.66. The lowest BCUT2D eigenvalue weighted by atomic mass is 9.80. The van der Waals surface area contributed by atoms with Crippen molar-refractivity contribution in [2.45, 2.75) is 24.9 Å². The topological polar surface area (TPSA) is 21.7 Å². The first-order valence-electron chi connectivity index (χ1n) is 13.7. The number of hydrogen-bond donors (Lipinski definition) is 0. The molecular weight excluding hydrogens is 502 g/mol. The number of ether oxygens (including phenoxy) is 2. The molecule has 5 aromatic carbocycles. The van der Waals surface area contributed by atoms with E-state index >= 15 is 0 Å². The molecule has 1 saturated heterocycles. The van der Waals surface area contributed by atoms with Crippen molar-refractivity contribution in [3.05, 3.63) is 119 Å².